The van der Waals surface area contributed by atoms with Crippen LogP contribution in [-0.4, -0.2) is 37.1 Å². The summed E-state index contributed by atoms with van der Waals surface area (Å²) in [6.07, 6.45) is 7.66. The summed E-state index contributed by atoms with van der Waals surface area (Å²) in [4.78, 5) is 16.0. The molecule has 0 saturated heterocycles. The largest absolute Gasteiger partial charge is 0.458 e. The first-order valence-electron chi connectivity index (χ1n) is 11.5. The molecule has 1 saturated carbocycles. The van der Waals surface area contributed by atoms with E-state index in [4.69, 9.17) is 4.74 Å². The van der Waals surface area contributed by atoms with Crippen LogP contribution in [0, 0.1) is 5.92 Å². The van der Waals surface area contributed by atoms with E-state index in [0.717, 1.165) is 56.2 Å². The highest BCUT2D eigenvalue weighted by Gasteiger charge is 2.45. The fraction of sp³-hybridized carbons (Fsp3) is 0.519. The Labute approximate surface area is 182 Å². The minimum Gasteiger partial charge on any atom is -0.458 e. The molecule has 0 radical (unpaired) electrons. The normalized spacial score (nSPS) is 21.7. The molecule has 1 aliphatic carbocycles. The van der Waals surface area contributed by atoms with E-state index in [0.29, 0.717) is 5.92 Å². The van der Waals surface area contributed by atoms with Crippen LogP contribution < -0.4 is 0 Å². The summed E-state index contributed by atoms with van der Waals surface area (Å²) in [6, 6.07) is 20.1. The maximum atomic E-state index is 13.8. The van der Waals surface area contributed by atoms with Crippen LogP contribution in [0.5, 0.6) is 0 Å². The summed E-state index contributed by atoms with van der Waals surface area (Å²) in [5.41, 5.74) is 1.65. The number of rotatable bonds is 9. The molecule has 162 valence electrons. The molecule has 2 aromatic rings. The van der Waals surface area contributed by atoms with Gasteiger partial charge in [0.05, 0.1) is 0 Å². The predicted octanol–water partition coefficient (Wildman–Crippen LogP) is 6.04. The lowest BCUT2D eigenvalue weighted by Gasteiger charge is -2.45. The third-order valence-corrected chi connectivity index (χ3v) is 6.49. The minimum atomic E-state index is -0.382. The van der Waals surface area contributed by atoms with Crippen molar-refractivity contribution in [3.05, 3.63) is 71.8 Å². The molecule has 0 amide bonds. The second-order valence-electron chi connectivity index (χ2n) is 9.05. The monoisotopic (exact) mass is 407 g/mol. The first kappa shape index (κ1) is 22.6. The van der Waals surface area contributed by atoms with Crippen LogP contribution in [0.4, 0.5) is 0 Å². The van der Waals surface area contributed by atoms with E-state index < -0.39 is 0 Å². The lowest BCUT2D eigenvalue weighted by atomic mass is 9.72. The third kappa shape index (κ3) is 5.51. The Bertz CT molecular complexity index is 734. The molecule has 0 aliphatic heterocycles. The molecule has 0 N–H and O–H groups in total. The average molecular weight is 408 g/mol. The Morgan fingerprint density at radius 2 is 1.63 bits per heavy atom. The van der Waals surface area contributed by atoms with Gasteiger partial charge in [0.1, 0.15) is 11.5 Å². The molecule has 3 heteroatoms. The second kappa shape index (κ2) is 10.8. The maximum absolute atomic E-state index is 13.8. The van der Waals surface area contributed by atoms with Crippen molar-refractivity contribution in [2.24, 2.45) is 5.92 Å². The van der Waals surface area contributed by atoms with Crippen molar-refractivity contribution in [2.45, 2.75) is 63.4 Å². The third-order valence-electron chi connectivity index (χ3n) is 6.49. The summed E-state index contributed by atoms with van der Waals surface area (Å²) in [5.74, 6) is -0.0917. The first-order valence-corrected chi connectivity index (χ1v) is 11.5. The molecule has 1 aliphatic rings. The summed E-state index contributed by atoms with van der Waals surface area (Å²) < 4.78 is 6.60. The lowest BCUT2D eigenvalue weighted by molar-refractivity contribution is -0.174. The Balaban J connectivity index is 1.94. The zero-order chi connectivity index (χ0) is 21.4. The van der Waals surface area contributed by atoms with Gasteiger partial charge in [-0.15, -0.1) is 0 Å². The van der Waals surface area contributed by atoms with E-state index in [1.807, 2.05) is 60.7 Å². The zero-order valence-electron chi connectivity index (χ0n) is 18.8. The van der Waals surface area contributed by atoms with Gasteiger partial charge in [-0.05, 0) is 57.3 Å². The van der Waals surface area contributed by atoms with Crippen molar-refractivity contribution in [1.82, 2.24) is 4.90 Å². The number of hydrogen-bond donors (Lipinski definition) is 0. The molecular weight excluding hydrogens is 370 g/mol. The average Bonchev–Trinajstić information content (AvgIpc) is 2.75. The molecule has 2 unspecified atom stereocenters. The van der Waals surface area contributed by atoms with Crippen LogP contribution in [0.3, 0.4) is 0 Å². The first-order chi connectivity index (χ1) is 14.6. The van der Waals surface area contributed by atoms with E-state index in [2.05, 4.69) is 25.9 Å². The molecule has 0 bridgehead atoms. The van der Waals surface area contributed by atoms with Gasteiger partial charge in [-0.25, -0.2) is 0 Å². The summed E-state index contributed by atoms with van der Waals surface area (Å²) >= 11 is 0. The lowest BCUT2D eigenvalue weighted by Crippen LogP contribution is -2.49. The molecule has 2 aromatic carbocycles. The van der Waals surface area contributed by atoms with Gasteiger partial charge >= 0.3 is 5.97 Å². The minimum absolute atomic E-state index is 0.103. The van der Waals surface area contributed by atoms with E-state index in [1.165, 1.54) is 6.42 Å². The van der Waals surface area contributed by atoms with Crippen molar-refractivity contribution in [3.8, 4) is 0 Å². The number of nitrogens with zero attached hydrogens (tertiary/aromatic N) is 1. The van der Waals surface area contributed by atoms with Crippen molar-refractivity contribution in [3.63, 3.8) is 0 Å². The van der Waals surface area contributed by atoms with Crippen LogP contribution in [0.1, 0.15) is 68.9 Å². The Morgan fingerprint density at radius 3 is 2.17 bits per heavy atom. The standard InChI is InChI=1S/C27H37NO2/c1-4-5-19-27(20-13-12-18-24(27)21-28(2)3)30-26(29)25(22-14-8-6-9-15-22)23-16-10-7-11-17-23/h6-11,14-17,24-25H,4-5,12-13,18-21H2,1-3H3. The van der Waals surface area contributed by atoms with Gasteiger partial charge in [-0.2, -0.15) is 0 Å². The highest BCUT2D eigenvalue weighted by atomic mass is 16.6. The number of carbonyl (C=O) groups excluding carboxylic acids is 1. The second-order valence-corrected chi connectivity index (χ2v) is 9.05. The Hall–Kier alpha value is -2.13. The molecule has 2 atom stereocenters. The fourth-order valence-corrected chi connectivity index (χ4v) is 4.99. The number of carbonyl (C=O) groups is 1. The summed E-state index contributed by atoms with van der Waals surface area (Å²) in [7, 11) is 4.25. The maximum Gasteiger partial charge on any atom is 0.318 e. The molecular formula is C27H37NO2. The van der Waals surface area contributed by atoms with Crippen LogP contribution in [0.2, 0.25) is 0 Å². The Kier molecular flexibility index (Phi) is 8.09. The zero-order valence-corrected chi connectivity index (χ0v) is 18.8. The SMILES string of the molecule is CCCCC1(OC(=O)C(c2ccccc2)c2ccccc2)CCCCC1CN(C)C. The number of unbranched alkanes of at least 4 members (excludes halogenated alkanes) is 1. The molecule has 3 rings (SSSR count). The molecule has 0 aromatic heterocycles. The van der Waals surface area contributed by atoms with Crippen molar-refractivity contribution >= 4 is 5.97 Å². The topological polar surface area (TPSA) is 29.5 Å². The highest BCUT2D eigenvalue weighted by Crippen LogP contribution is 2.42. The van der Waals surface area contributed by atoms with Crippen LogP contribution in [0.15, 0.2) is 60.7 Å². The van der Waals surface area contributed by atoms with Crippen LogP contribution in [-0.2, 0) is 9.53 Å². The summed E-state index contributed by atoms with van der Waals surface area (Å²) in [5, 5.41) is 0. The molecule has 0 spiro atoms. The van der Waals surface area contributed by atoms with E-state index in [-0.39, 0.29) is 17.5 Å². The van der Waals surface area contributed by atoms with E-state index in [1.54, 1.807) is 0 Å². The van der Waals surface area contributed by atoms with E-state index in [9.17, 15) is 4.79 Å². The number of benzene rings is 2. The van der Waals surface area contributed by atoms with Crippen LogP contribution >= 0.6 is 0 Å². The predicted molar refractivity (Wildman–Crippen MR) is 124 cm³/mol. The number of ether oxygens (including phenoxy) is 1. The number of hydrogen-bond acceptors (Lipinski definition) is 3. The van der Waals surface area contributed by atoms with Gasteiger partial charge in [-0.1, -0.05) is 80.4 Å². The smallest absolute Gasteiger partial charge is 0.318 e. The Morgan fingerprint density at radius 1 is 1.03 bits per heavy atom. The number of esters is 1. The van der Waals surface area contributed by atoms with Gasteiger partial charge in [0.15, 0.2) is 0 Å². The molecule has 0 heterocycles. The fourth-order valence-electron chi connectivity index (χ4n) is 4.99. The van der Waals surface area contributed by atoms with Gasteiger partial charge in [-0.3, -0.25) is 4.79 Å². The summed E-state index contributed by atoms with van der Waals surface area (Å²) in [6.45, 7) is 3.19. The van der Waals surface area contributed by atoms with Crippen LogP contribution in [0.25, 0.3) is 0 Å². The van der Waals surface area contributed by atoms with Gasteiger partial charge in [0.25, 0.3) is 0 Å². The van der Waals surface area contributed by atoms with Gasteiger partial charge < -0.3 is 9.64 Å². The van der Waals surface area contributed by atoms with Gasteiger partial charge in [0.2, 0.25) is 0 Å². The molecule has 1 fully saturated rings. The molecule has 30 heavy (non-hydrogen) atoms. The quantitative estimate of drug-likeness (QED) is 0.474. The van der Waals surface area contributed by atoms with Crippen molar-refractivity contribution < 1.29 is 9.53 Å². The molecule has 3 nitrogen and oxygen atoms in total. The van der Waals surface area contributed by atoms with E-state index >= 15 is 0 Å². The highest BCUT2D eigenvalue weighted by molar-refractivity contribution is 5.82. The van der Waals surface area contributed by atoms with Gasteiger partial charge in [0, 0.05) is 12.5 Å². The van der Waals surface area contributed by atoms with Crippen molar-refractivity contribution in [1.29, 1.82) is 0 Å². The van der Waals surface area contributed by atoms with Crippen molar-refractivity contribution in [2.75, 3.05) is 20.6 Å².